The zero-order valence-corrected chi connectivity index (χ0v) is 10.9. The first-order valence-corrected chi connectivity index (χ1v) is 6.03. The van der Waals surface area contributed by atoms with Gasteiger partial charge in [-0.2, -0.15) is 5.10 Å². The molecule has 2 amide bonds. The van der Waals surface area contributed by atoms with E-state index in [-0.39, 0.29) is 11.8 Å². The lowest BCUT2D eigenvalue weighted by molar-refractivity contribution is -0.151. The number of aromatic nitrogens is 2. The highest BCUT2D eigenvalue weighted by Gasteiger charge is 2.41. The first-order valence-electron chi connectivity index (χ1n) is 6.03. The van der Waals surface area contributed by atoms with E-state index in [0.29, 0.717) is 13.1 Å². The molecule has 0 aromatic carbocycles. The third kappa shape index (κ3) is 1.98. The Kier molecular flexibility index (Phi) is 3.11. The summed E-state index contributed by atoms with van der Waals surface area (Å²) in [6.45, 7) is 6.34. The second-order valence-corrected chi connectivity index (χ2v) is 4.97. The summed E-state index contributed by atoms with van der Waals surface area (Å²) in [6, 6.07) is 1.38. The van der Waals surface area contributed by atoms with E-state index in [1.165, 1.54) is 0 Å². The highest BCUT2D eigenvalue weighted by Crippen LogP contribution is 2.21. The summed E-state index contributed by atoms with van der Waals surface area (Å²) in [6.07, 6.45) is 3.39. The predicted octanol–water partition coefficient (Wildman–Crippen LogP) is 0.181. The highest BCUT2D eigenvalue weighted by molar-refractivity contribution is 5.92. The van der Waals surface area contributed by atoms with Crippen molar-refractivity contribution < 1.29 is 9.59 Å². The van der Waals surface area contributed by atoms with Gasteiger partial charge in [0.25, 0.3) is 0 Å². The van der Waals surface area contributed by atoms with E-state index in [4.69, 9.17) is 0 Å². The Hall–Kier alpha value is -1.85. The van der Waals surface area contributed by atoms with Crippen LogP contribution in [0.4, 0.5) is 0 Å². The Bertz CT molecular complexity index is 453. The van der Waals surface area contributed by atoms with E-state index in [2.05, 4.69) is 10.4 Å². The molecule has 6 heteroatoms. The van der Waals surface area contributed by atoms with Gasteiger partial charge < -0.3 is 10.2 Å². The first-order chi connectivity index (χ1) is 8.44. The molecule has 1 aromatic heterocycles. The molecule has 2 rings (SSSR count). The summed E-state index contributed by atoms with van der Waals surface area (Å²) in [5.41, 5.74) is -0.809. The predicted molar refractivity (Wildman–Crippen MR) is 65.7 cm³/mol. The van der Waals surface area contributed by atoms with Crippen LogP contribution in [0.2, 0.25) is 0 Å². The molecule has 0 saturated carbocycles. The number of hydrogen-bond acceptors (Lipinski definition) is 3. The van der Waals surface area contributed by atoms with Crippen LogP contribution >= 0.6 is 0 Å². The summed E-state index contributed by atoms with van der Waals surface area (Å²) < 4.78 is 1.60. The molecule has 0 bridgehead atoms. The minimum Gasteiger partial charge on any atom is -0.352 e. The van der Waals surface area contributed by atoms with Crippen molar-refractivity contribution in [2.45, 2.75) is 32.4 Å². The second kappa shape index (κ2) is 4.44. The van der Waals surface area contributed by atoms with Gasteiger partial charge in [-0.3, -0.25) is 14.3 Å². The van der Waals surface area contributed by atoms with E-state index in [9.17, 15) is 9.59 Å². The number of piperazine rings is 1. The van der Waals surface area contributed by atoms with Gasteiger partial charge in [0.15, 0.2) is 0 Å². The summed E-state index contributed by atoms with van der Waals surface area (Å²) in [5.74, 6) is -0.201. The summed E-state index contributed by atoms with van der Waals surface area (Å²) in [5, 5.41) is 6.84. The lowest BCUT2D eigenvalue weighted by atomic mass is 9.98. The van der Waals surface area contributed by atoms with Gasteiger partial charge in [0, 0.05) is 25.5 Å². The SMILES string of the molecule is CC(C(=O)N1CCNC(=O)C1(C)C)n1cccn1. The van der Waals surface area contributed by atoms with Crippen molar-refractivity contribution in [2.24, 2.45) is 0 Å². The number of rotatable bonds is 2. The summed E-state index contributed by atoms with van der Waals surface area (Å²) >= 11 is 0. The van der Waals surface area contributed by atoms with Gasteiger partial charge in [-0.1, -0.05) is 0 Å². The van der Waals surface area contributed by atoms with E-state index in [1.807, 2.05) is 0 Å². The van der Waals surface area contributed by atoms with Gasteiger partial charge >= 0.3 is 0 Å². The molecule has 1 saturated heterocycles. The average molecular weight is 250 g/mol. The zero-order chi connectivity index (χ0) is 13.3. The summed E-state index contributed by atoms with van der Waals surface area (Å²) in [4.78, 5) is 25.9. The molecule has 1 N–H and O–H groups in total. The molecule has 2 heterocycles. The van der Waals surface area contributed by atoms with Crippen molar-refractivity contribution in [3.8, 4) is 0 Å². The first kappa shape index (κ1) is 12.6. The Morgan fingerprint density at radius 2 is 2.28 bits per heavy atom. The van der Waals surface area contributed by atoms with Crippen LogP contribution in [0.3, 0.4) is 0 Å². The highest BCUT2D eigenvalue weighted by atomic mass is 16.2. The van der Waals surface area contributed by atoms with E-state index in [1.54, 1.807) is 48.8 Å². The van der Waals surface area contributed by atoms with Gasteiger partial charge in [0.1, 0.15) is 11.6 Å². The third-order valence-corrected chi connectivity index (χ3v) is 3.40. The molecule has 1 aliphatic rings. The summed E-state index contributed by atoms with van der Waals surface area (Å²) in [7, 11) is 0. The molecule has 0 radical (unpaired) electrons. The van der Waals surface area contributed by atoms with Crippen molar-refractivity contribution in [3.05, 3.63) is 18.5 Å². The number of nitrogens with zero attached hydrogens (tertiary/aromatic N) is 3. The maximum atomic E-state index is 12.4. The molecular weight excluding hydrogens is 232 g/mol. The molecule has 18 heavy (non-hydrogen) atoms. The van der Waals surface area contributed by atoms with Crippen LogP contribution in [0, 0.1) is 0 Å². The molecule has 1 aliphatic heterocycles. The van der Waals surface area contributed by atoms with E-state index < -0.39 is 11.6 Å². The van der Waals surface area contributed by atoms with E-state index in [0.717, 1.165) is 0 Å². The number of amides is 2. The molecule has 98 valence electrons. The molecule has 1 fully saturated rings. The molecule has 1 unspecified atom stereocenters. The molecule has 6 nitrogen and oxygen atoms in total. The maximum Gasteiger partial charge on any atom is 0.248 e. The van der Waals surface area contributed by atoms with Crippen molar-refractivity contribution >= 4 is 11.8 Å². The van der Waals surface area contributed by atoms with Gasteiger partial charge in [0.05, 0.1) is 0 Å². The molecule has 0 aliphatic carbocycles. The van der Waals surface area contributed by atoms with Crippen LogP contribution in [0.5, 0.6) is 0 Å². The standard InChI is InChI=1S/C12H18N4O2/c1-9(16-7-4-5-14-16)10(17)15-8-6-13-11(18)12(15,2)3/h4-5,7,9H,6,8H2,1-3H3,(H,13,18). The Labute approximate surface area is 106 Å². The normalized spacial score (nSPS) is 20.4. The van der Waals surface area contributed by atoms with Crippen LogP contribution in [0.25, 0.3) is 0 Å². The fourth-order valence-corrected chi connectivity index (χ4v) is 2.13. The van der Waals surface area contributed by atoms with Crippen LogP contribution in [-0.2, 0) is 9.59 Å². The van der Waals surface area contributed by atoms with Crippen molar-refractivity contribution in [3.63, 3.8) is 0 Å². The zero-order valence-electron chi connectivity index (χ0n) is 10.9. The fraction of sp³-hybridized carbons (Fsp3) is 0.583. The Morgan fingerprint density at radius 1 is 1.56 bits per heavy atom. The largest absolute Gasteiger partial charge is 0.352 e. The van der Waals surface area contributed by atoms with Crippen molar-refractivity contribution in [1.82, 2.24) is 20.0 Å². The topological polar surface area (TPSA) is 67.2 Å². The fourth-order valence-electron chi connectivity index (χ4n) is 2.13. The minimum absolute atomic E-state index is 0.0847. The lowest BCUT2D eigenvalue weighted by Crippen LogP contribution is -2.64. The number of carbonyl (C=O) groups excluding carboxylic acids is 2. The Balaban J connectivity index is 2.20. The molecule has 1 aromatic rings. The quantitative estimate of drug-likeness (QED) is 0.814. The van der Waals surface area contributed by atoms with Crippen LogP contribution in [0.15, 0.2) is 18.5 Å². The number of nitrogens with one attached hydrogen (secondary N) is 1. The van der Waals surface area contributed by atoms with Crippen molar-refractivity contribution in [1.29, 1.82) is 0 Å². The minimum atomic E-state index is -0.809. The van der Waals surface area contributed by atoms with Crippen molar-refractivity contribution in [2.75, 3.05) is 13.1 Å². The van der Waals surface area contributed by atoms with E-state index >= 15 is 0 Å². The lowest BCUT2D eigenvalue weighted by Gasteiger charge is -2.42. The van der Waals surface area contributed by atoms with Crippen LogP contribution < -0.4 is 5.32 Å². The van der Waals surface area contributed by atoms with Gasteiger partial charge in [-0.15, -0.1) is 0 Å². The second-order valence-electron chi connectivity index (χ2n) is 4.97. The molecule has 1 atom stereocenters. The smallest absolute Gasteiger partial charge is 0.248 e. The van der Waals surface area contributed by atoms with Gasteiger partial charge in [0.2, 0.25) is 11.8 Å². The van der Waals surface area contributed by atoms with Gasteiger partial charge in [-0.25, -0.2) is 0 Å². The van der Waals surface area contributed by atoms with Gasteiger partial charge in [-0.05, 0) is 26.8 Å². The average Bonchev–Trinajstić information content (AvgIpc) is 2.84. The maximum absolute atomic E-state index is 12.4. The van der Waals surface area contributed by atoms with Crippen LogP contribution in [0.1, 0.15) is 26.8 Å². The number of carbonyl (C=O) groups is 2. The number of hydrogen-bond donors (Lipinski definition) is 1. The Morgan fingerprint density at radius 3 is 2.89 bits per heavy atom. The molecular formula is C12H18N4O2. The molecule has 0 spiro atoms. The van der Waals surface area contributed by atoms with Crippen LogP contribution in [-0.4, -0.2) is 45.1 Å². The monoisotopic (exact) mass is 250 g/mol. The third-order valence-electron chi connectivity index (χ3n) is 3.40.